The summed E-state index contributed by atoms with van der Waals surface area (Å²) in [5.41, 5.74) is 2.92. The van der Waals surface area contributed by atoms with Crippen molar-refractivity contribution in [3.05, 3.63) is 47.8 Å². The molecule has 1 aliphatic heterocycles. The summed E-state index contributed by atoms with van der Waals surface area (Å²) in [4.78, 5) is 25.8. The number of fused-ring (bicyclic) bond motifs is 1. The number of hydrogen-bond acceptors (Lipinski definition) is 3. The maximum atomic E-state index is 12.1. The van der Waals surface area contributed by atoms with Crippen LogP contribution in [0.4, 0.5) is 5.69 Å². The number of ether oxygens (including phenoxy) is 1. The second kappa shape index (κ2) is 6.78. The fraction of sp³-hybridized carbons (Fsp3) is 0.333. The fourth-order valence-corrected chi connectivity index (χ4v) is 2.73. The molecular weight excluding hydrogens is 306 g/mol. The predicted molar refractivity (Wildman–Crippen MR) is 90.9 cm³/mol. The van der Waals surface area contributed by atoms with Crippen LogP contribution in [-0.2, 0) is 23.2 Å². The van der Waals surface area contributed by atoms with Crippen LogP contribution in [0.25, 0.3) is 0 Å². The van der Waals surface area contributed by atoms with Gasteiger partial charge in [0.15, 0.2) is 6.61 Å². The summed E-state index contributed by atoms with van der Waals surface area (Å²) in [6.45, 7) is 2.86. The summed E-state index contributed by atoms with van der Waals surface area (Å²) in [6.07, 6.45) is 0.253. The van der Waals surface area contributed by atoms with E-state index < -0.39 is 0 Å². The molecule has 24 heavy (non-hydrogen) atoms. The van der Waals surface area contributed by atoms with Gasteiger partial charge in [0, 0.05) is 31.4 Å². The molecule has 2 heterocycles. The molecule has 0 radical (unpaired) electrons. The zero-order chi connectivity index (χ0) is 17.1. The molecule has 3 rings (SSSR count). The Kier molecular flexibility index (Phi) is 4.55. The third kappa shape index (κ3) is 3.27. The zero-order valence-electron chi connectivity index (χ0n) is 13.9. The fourth-order valence-electron chi connectivity index (χ4n) is 2.73. The first kappa shape index (κ1) is 16.1. The highest BCUT2D eigenvalue weighted by molar-refractivity contribution is 5.98. The van der Waals surface area contributed by atoms with Crippen molar-refractivity contribution in [2.75, 3.05) is 18.1 Å². The number of benzene rings is 1. The highest BCUT2D eigenvalue weighted by atomic mass is 16.5. The maximum absolute atomic E-state index is 12.1. The van der Waals surface area contributed by atoms with Gasteiger partial charge in [0.2, 0.25) is 5.91 Å². The van der Waals surface area contributed by atoms with Crippen LogP contribution >= 0.6 is 0 Å². The lowest BCUT2D eigenvalue weighted by Gasteiger charge is -2.29. The topological polar surface area (TPSA) is 63.6 Å². The van der Waals surface area contributed by atoms with E-state index in [1.54, 1.807) is 4.90 Å². The third-order valence-corrected chi connectivity index (χ3v) is 4.31. The van der Waals surface area contributed by atoms with Gasteiger partial charge < -0.3 is 19.5 Å². The second-order valence-electron chi connectivity index (χ2n) is 5.85. The molecule has 1 aromatic carbocycles. The molecule has 0 aliphatic carbocycles. The molecule has 1 N–H and O–H groups in total. The van der Waals surface area contributed by atoms with Crippen molar-refractivity contribution in [2.24, 2.45) is 7.05 Å². The Bertz CT molecular complexity index is 767. The SMILES string of the molecule is Cc1ccc(CNC(=O)CCN2C(=O)COc3ccccc32)n1C. The Morgan fingerprint density at radius 3 is 2.79 bits per heavy atom. The van der Waals surface area contributed by atoms with Crippen LogP contribution in [0.5, 0.6) is 5.75 Å². The van der Waals surface area contributed by atoms with Crippen LogP contribution in [0.3, 0.4) is 0 Å². The lowest BCUT2D eigenvalue weighted by molar-refractivity contribution is -0.122. The van der Waals surface area contributed by atoms with Crippen LogP contribution < -0.4 is 15.0 Å². The number of para-hydroxylation sites is 2. The van der Waals surface area contributed by atoms with Gasteiger partial charge in [-0.15, -0.1) is 0 Å². The van der Waals surface area contributed by atoms with Crippen LogP contribution in [0.2, 0.25) is 0 Å². The predicted octanol–water partition coefficient (Wildman–Crippen LogP) is 1.77. The van der Waals surface area contributed by atoms with Gasteiger partial charge >= 0.3 is 0 Å². The van der Waals surface area contributed by atoms with E-state index in [2.05, 4.69) is 5.32 Å². The summed E-state index contributed by atoms with van der Waals surface area (Å²) in [5.74, 6) is 0.474. The minimum absolute atomic E-state index is 0.0151. The molecule has 6 nitrogen and oxygen atoms in total. The molecule has 0 unspecified atom stereocenters. The van der Waals surface area contributed by atoms with Crippen molar-refractivity contribution >= 4 is 17.5 Å². The van der Waals surface area contributed by atoms with Crippen molar-refractivity contribution in [1.29, 1.82) is 0 Å². The van der Waals surface area contributed by atoms with E-state index in [1.165, 1.54) is 0 Å². The number of nitrogens with zero attached hydrogens (tertiary/aromatic N) is 2. The summed E-state index contributed by atoms with van der Waals surface area (Å²) in [7, 11) is 1.97. The van der Waals surface area contributed by atoms with Crippen molar-refractivity contribution in [2.45, 2.75) is 19.9 Å². The van der Waals surface area contributed by atoms with Crippen molar-refractivity contribution in [1.82, 2.24) is 9.88 Å². The van der Waals surface area contributed by atoms with Crippen LogP contribution in [0, 0.1) is 6.92 Å². The van der Waals surface area contributed by atoms with Gasteiger partial charge in [0.1, 0.15) is 5.75 Å². The molecule has 1 aliphatic rings. The molecule has 126 valence electrons. The average Bonchev–Trinajstić information content (AvgIpc) is 2.91. The standard InChI is InChI=1S/C18H21N3O3/c1-13-7-8-14(20(13)2)11-19-17(22)9-10-21-15-5-3-4-6-16(15)24-12-18(21)23/h3-8H,9-12H2,1-2H3,(H,19,22). The highest BCUT2D eigenvalue weighted by Crippen LogP contribution is 2.31. The molecule has 1 aromatic heterocycles. The molecule has 0 bridgehead atoms. The van der Waals surface area contributed by atoms with Crippen LogP contribution in [-0.4, -0.2) is 29.5 Å². The van der Waals surface area contributed by atoms with E-state index in [1.807, 2.05) is 54.9 Å². The van der Waals surface area contributed by atoms with Crippen LogP contribution in [0.15, 0.2) is 36.4 Å². The normalized spacial score (nSPS) is 13.4. The van der Waals surface area contributed by atoms with Crippen molar-refractivity contribution in [3.8, 4) is 5.75 Å². The van der Waals surface area contributed by atoms with E-state index in [9.17, 15) is 9.59 Å². The van der Waals surface area contributed by atoms with E-state index in [0.29, 0.717) is 18.8 Å². The van der Waals surface area contributed by atoms with E-state index >= 15 is 0 Å². The highest BCUT2D eigenvalue weighted by Gasteiger charge is 2.25. The first-order chi connectivity index (χ1) is 11.6. The lowest BCUT2D eigenvalue weighted by Crippen LogP contribution is -2.41. The van der Waals surface area contributed by atoms with Gasteiger partial charge in [0.05, 0.1) is 12.2 Å². The minimum atomic E-state index is -0.125. The summed E-state index contributed by atoms with van der Waals surface area (Å²) in [5, 5.41) is 2.90. The molecule has 2 amide bonds. The van der Waals surface area contributed by atoms with Crippen LogP contribution in [0.1, 0.15) is 17.8 Å². The quantitative estimate of drug-likeness (QED) is 0.910. The molecule has 0 fully saturated rings. The summed E-state index contributed by atoms with van der Waals surface area (Å²) in [6, 6.07) is 11.4. The van der Waals surface area contributed by atoms with E-state index in [0.717, 1.165) is 17.1 Å². The number of nitrogens with one attached hydrogen (secondary N) is 1. The molecule has 0 atom stereocenters. The van der Waals surface area contributed by atoms with Gasteiger partial charge in [0.25, 0.3) is 5.91 Å². The smallest absolute Gasteiger partial charge is 0.265 e. The number of aromatic nitrogens is 1. The van der Waals surface area contributed by atoms with Crippen molar-refractivity contribution < 1.29 is 14.3 Å². The molecule has 0 saturated carbocycles. The largest absolute Gasteiger partial charge is 0.482 e. The Hall–Kier alpha value is -2.76. The Morgan fingerprint density at radius 1 is 1.25 bits per heavy atom. The van der Waals surface area contributed by atoms with E-state index in [-0.39, 0.29) is 24.8 Å². The summed E-state index contributed by atoms with van der Waals surface area (Å²) >= 11 is 0. The number of anilines is 1. The molecule has 0 spiro atoms. The monoisotopic (exact) mass is 327 g/mol. The number of rotatable bonds is 5. The Balaban J connectivity index is 1.56. The molecular formula is C18H21N3O3. The number of carbonyl (C=O) groups is 2. The van der Waals surface area contributed by atoms with E-state index in [4.69, 9.17) is 4.74 Å². The molecule has 0 saturated heterocycles. The first-order valence-electron chi connectivity index (χ1n) is 7.96. The summed E-state index contributed by atoms with van der Waals surface area (Å²) < 4.78 is 7.44. The number of hydrogen-bond donors (Lipinski definition) is 1. The average molecular weight is 327 g/mol. The zero-order valence-corrected chi connectivity index (χ0v) is 13.9. The van der Waals surface area contributed by atoms with Crippen molar-refractivity contribution in [3.63, 3.8) is 0 Å². The Labute approximate surface area is 141 Å². The first-order valence-corrected chi connectivity index (χ1v) is 7.96. The maximum Gasteiger partial charge on any atom is 0.265 e. The molecule has 2 aromatic rings. The van der Waals surface area contributed by atoms with Gasteiger partial charge in [-0.05, 0) is 31.2 Å². The molecule has 6 heteroatoms. The lowest BCUT2D eigenvalue weighted by atomic mass is 10.2. The van der Waals surface area contributed by atoms with Gasteiger partial charge in [-0.2, -0.15) is 0 Å². The number of aryl methyl sites for hydroxylation is 1. The van der Waals surface area contributed by atoms with Gasteiger partial charge in [-0.3, -0.25) is 9.59 Å². The third-order valence-electron chi connectivity index (χ3n) is 4.31. The minimum Gasteiger partial charge on any atom is -0.482 e. The van der Waals surface area contributed by atoms with Gasteiger partial charge in [-0.1, -0.05) is 12.1 Å². The second-order valence-corrected chi connectivity index (χ2v) is 5.85. The van der Waals surface area contributed by atoms with Gasteiger partial charge in [-0.25, -0.2) is 0 Å². The Morgan fingerprint density at radius 2 is 2.04 bits per heavy atom. The number of carbonyl (C=O) groups excluding carboxylic acids is 2. The number of amides is 2.